The van der Waals surface area contributed by atoms with Crippen LogP contribution in [0.4, 0.5) is 4.79 Å². The monoisotopic (exact) mass is 331 g/mol. The van der Waals surface area contributed by atoms with Gasteiger partial charge in [0, 0.05) is 13.1 Å². The number of hydrogen-bond acceptors (Lipinski definition) is 4. The molecule has 130 valence electrons. The van der Waals surface area contributed by atoms with Crippen LogP contribution in [0.1, 0.15) is 32.2 Å². The lowest BCUT2D eigenvalue weighted by atomic mass is 10.1. The van der Waals surface area contributed by atoms with E-state index in [0.29, 0.717) is 18.9 Å². The summed E-state index contributed by atoms with van der Waals surface area (Å²) in [5.74, 6) is 0.703. The molecule has 7 nitrogen and oxygen atoms in total. The van der Waals surface area contributed by atoms with Gasteiger partial charge in [-0.1, -0.05) is 30.3 Å². The fraction of sp³-hybridized carbons (Fsp3) is 0.471. The van der Waals surface area contributed by atoms with Crippen LogP contribution < -0.4 is 5.32 Å². The van der Waals surface area contributed by atoms with Gasteiger partial charge in [0.2, 0.25) is 0 Å². The number of aliphatic hydroxyl groups is 1. The molecule has 0 spiro atoms. The molecule has 24 heavy (non-hydrogen) atoms. The lowest BCUT2D eigenvalue weighted by molar-refractivity contribution is 0.0446. The number of rotatable bonds is 7. The third-order valence-corrected chi connectivity index (χ3v) is 3.52. The number of aromatic nitrogens is 3. The number of carbonyl (C=O) groups excluding carboxylic acids is 1. The van der Waals surface area contributed by atoms with Crippen molar-refractivity contribution in [1.82, 2.24) is 25.0 Å². The Balaban J connectivity index is 2.03. The molecule has 1 aromatic heterocycles. The SMILES string of the molecule is CCn1cnnc1CNC(=O)N(Cc1ccccc1)CC(C)(C)O. The second-order valence-electron chi connectivity index (χ2n) is 6.35. The number of urea groups is 1. The Labute approximate surface area is 142 Å². The van der Waals surface area contributed by atoms with Crippen molar-refractivity contribution in [3.63, 3.8) is 0 Å². The van der Waals surface area contributed by atoms with Gasteiger partial charge in [-0.15, -0.1) is 10.2 Å². The fourth-order valence-electron chi connectivity index (χ4n) is 2.42. The Hall–Kier alpha value is -2.41. The molecule has 0 unspecified atom stereocenters. The lowest BCUT2D eigenvalue weighted by Gasteiger charge is -2.29. The van der Waals surface area contributed by atoms with E-state index in [1.54, 1.807) is 25.1 Å². The first-order valence-electron chi connectivity index (χ1n) is 8.05. The quantitative estimate of drug-likeness (QED) is 0.810. The van der Waals surface area contributed by atoms with Crippen LogP contribution in [-0.4, -0.2) is 42.9 Å². The predicted octanol–water partition coefficient (Wildman–Crippen LogP) is 1.78. The number of aryl methyl sites for hydroxylation is 1. The van der Waals surface area contributed by atoms with Crippen molar-refractivity contribution in [3.05, 3.63) is 48.0 Å². The van der Waals surface area contributed by atoms with Crippen molar-refractivity contribution >= 4 is 6.03 Å². The van der Waals surface area contributed by atoms with E-state index in [4.69, 9.17) is 0 Å². The van der Waals surface area contributed by atoms with Crippen molar-refractivity contribution in [3.8, 4) is 0 Å². The fourth-order valence-corrected chi connectivity index (χ4v) is 2.42. The Kier molecular flexibility index (Phi) is 5.92. The molecule has 0 fully saturated rings. The molecule has 0 aliphatic carbocycles. The van der Waals surface area contributed by atoms with Crippen LogP contribution >= 0.6 is 0 Å². The van der Waals surface area contributed by atoms with Gasteiger partial charge in [0.1, 0.15) is 6.33 Å². The van der Waals surface area contributed by atoms with Gasteiger partial charge in [0.25, 0.3) is 0 Å². The number of nitrogens with one attached hydrogen (secondary N) is 1. The minimum absolute atomic E-state index is 0.230. The topological polar surface area (TPSA) is 83.3 Å². The summed E-state index contributed by atoms with van der Waals surface area (Å²) in [5, 5.41) is 20.8. The maximum Gasteiger partial charge on any atom is 0.318 e. The van der Waals surface area contributed by atoms with Crippen LogP contribution in [0.25, 0.3) is 0 Å². The smallest absolute Gasteiger partial charge is 0.318 e. The molecule has 0 bridgehead atoms. The molecule has 0 aliphatic heterocycles. The summed E-state index contributed by atoms with van der Waals surface area (Å²) in [6.45, 7) is 7.06. The van der Waals surface area contributed by atoms with E-state index < -0.39 is 5.60 Å². The summed E-state index contributed by atoms with van der Waals surface area (Å²) in [4.78, 5) is 14.2. The molecular weight excluding hydrogens is 306 g/mol. The van der Waals surface area contributed by atoms with Crippen molar-refractivity contribution in [2.24, 2.45) is 0 Å². The van der Waals surface area contributed by atoms with Crippen molar-refractivity contribution in [1.29, 1.82) is 0 Å². The minimum atomic E-state index is -0.977. The van der Waals surface area contributed by atoms with Crippen molar-refractivity contribution in [2.75, 3.05) is 6.54 Å². The largest absolute Gasteiger partial charge is 0.389 e. The summed E-state index contributed by atoms with van der Waals surface area (Å²) in [6.07, 6.45) is 1.64. The highest BCUT2D eigenvalue weighted by atomic mass is 16.3. The van der Waals surface area contributed by atoms with Gasteiger partial charge in [-0.05, 0) is 26.3 Å². The van der Waals surface area contributed by atoms with E-state index >= 15 is 0 Å². The molecule has 2 N–H and O–H groups in total. The highest BCUT2D eigenvalue weighted by Gasteiger charge is 2.23. The van der Waals surface area contributed by atoms with Gasteiger partial charge in [0.05, 0.1) is 18.7 Å². The molecule has 0 saturated heterocycles. The lowest BCUT2D eigenvalue weighted by Crippen LogP contribution is -2.46. The second-order valence-corrected chi connectivity index (χ2v) is 6.35. The maximum atomic E-state index is 12.6. The van der Waals surface area contributed by atoms with E-state index in [2.05, 4.69) is 15.5 Å². The zero-order chi connectivity index (χ0) is 17.6. The predicted molar refractivity (Wildman–Crippen MR) is 91.1 cm³/mol. The molecule has 2 aromatic rings. The molecule has 1 heterocycles. The van der Waals surface area contributed by atoms with Crippen molar-refractivity contribution < 1.29 is 9.90 Å². The Morgan fingerprint density at radius 2 is 2.04 bits per heavy atom. The van der Waals surface area contributed by atoms with Crippen molar-refractivity contribution in [2.45, 2.75) is 46.0 Å². The van der Waals surface area contributed by atoms with Gasteiger partial charge in [-0.2, -0.15) is 0 Å². The van der Waals surface area contributed by atoms with Gasteiger partial charge in [0.15, 0.2) is 5.82 Å². The van der Waals surface area contributed by atoms with Gasteiger partial charge >= 0.3 is 6.03 Å². The third-order valence-electron chi connectivity index (χ3n) is 3.52. The van der Waals surface area contributed by atoms with Gasteiger partial charge in [-0.3, -0.25) is 0 Å². The van der Waals surface area contributed by atoms with E-state index in [1.165, 1.54) is 0 Å². The number of amides is 2. The molecule has 2 rings (SSSR count). The summed E-state index contributed by atoms with van der Waals surface area (Å²) in [6, 6.07) is 9.46. The zero-order valence-electron chi connectivity index (χ0n) is 14.4. The van der Waals surface area contributed by atoms with E-state index in [-0.39, 0.29) is 12.6 Å². The first-order chi connectivity index (χ1) is 11.4. The molecular formula is C17H25N5O2. The average molecular weight is 331 g/mol. The zero-order valence-corrected chi connectivity index (χ0v) is 14.4. The Morgan fingerprint density at radius 1 is 1.33 bits per heavy atom. The normalized spacial score (nSPS) is 11.3. The van der Waals surface area contributed by atoms with Gasteiger partial charge < -0.3 is 19.9 Å². The van der Waals surface area contributed by atoms with Crippen LogP contribution in [0.2, 0.25) is 0 Å². The molecule has 2 amide bonds. The molecule has 7 heteroatoms. The highest BCUT2D eigenvalue weighted by molar-refractivity contribution is 5.74. The molecule has 0 saturated carbocycles. The molecule has 0 atom stereocenters. The first kappa shape index (κ1) is 17.9. The van der Waals surface area contributed by atoms with Crippen LogP contribution in [0, 0.1) is 0 Å². The Bertz CT molecular complexity index is 649. The Morgan fingerprint density at radius 3 is 2.67 bits per heavy atom. The van der Waals surface area contributed by atoms with Crippen LogP contribution in [0.3, 0.4) is 0 Å². The van der Waals surface area contributed by atoms with E-state index in [1.807, 2.05) is 41.8 Å². The summed E-state index contributed by atoms with van der Waals surface area (Å²) < 4.78 is 1.87. The summed E-state index contributed by atoms with van der Waals surface area (Å²) in [7, 11) is 0. The second kappa shape index (κ2) is 7.92. The van der Waals surface area contributed by atoms with Gasteiger partial charge in [-0.25, -0.2) is 4.79 Å². The van der Waals surface area contributed by atoms with E-state index in [0.717, 1.165) is 12.1 Å². The average Bonchev–Trinajstić information content (AvgIpc) is 2.99. The highest BCUT2D eigenvalue weighted by Crippen LogP contribution is 2.10. The number of carbonyl (C=O) groups is 1. The van der Waals surface area contributed by atoms with Crippen LogP contribution in [-0.2, 0) is 19.6 Å². The molecule has 1 aromatic carbocycles. The number of benzene rings is 1. The van der Waals surface area contributed by atoms with E-state index in [9.17, 15) is 9.90 Å². The summed E-state index contributed by atoms with van der Waals surface area (Å²) in [5.41, 5.74) is 0.0314. The first-order valence-corrected chi connectivity index (χ1v) is 8.05. The standard InChI is InChI=1S/C17H25N5O2/c1-4-21-13-19-20-15(21)10-18-16(23)22(12-17(2,3)24)11-14-8-6-5-7-9-14/h5-9,13,24H,4,10-12H2,1-3H3,(H,18,23). The van der Waals surface area contributed by atoms with Crippen LogP contribution in [0.15, 0.2) is 36.7 Å². The number of nitrogens with zero attached hydrogens (tertiary/aromatic N) is 4. The molecule has 0 radical (unpaired) electrons. The maximum absolute atomic E-state index is 12.6. The summed E-state index contributed by atoms with van der Waals surface area (Å²) >= 11 is 0. The molecule has 0 aliphatic rings. The van der Waals surface area contributed by atoms with Crippen LogP contribution in [0.5, 0.6) is 0 Å². The third kappa shape index (κ3) is 5.34. The minimum Gasteiger partial charge on any atom is -0.389 e. The number of hydrogen-bond donors (Lipinski definition) is 2.